The topological polar surface area (TPSA) is 12.0 Å². The van der Waals surface area contributed by atoms with Gasteiger partial charge in [-0.05, 0) is 63.2 Å². The molecule has 2 rings (SSSR count). The fourth-order valence-corrected chi connectivity index (χ4v) is 3.31. The minimum Gasteiger partial charge on any atom is -0.316 e. The van der Waals surface area contributed by atoms with Gasteiger partial charge in [0.25, 0.3) is 0 Å². The Hall–Kier alpha value is -0.470. The van der Waals surface area contributed by atoms with E-state index in [-0.39, 0.29) is 0 Å². The summed E-state index contributed by atoms with van der Waals surface area (Å²) < 4.78 is 0. The molecule has 1 aliphatic rings. The fraction of sp³-hybridized carbons (Fsp3) is 0.533. The highest BCUT2D eigenvalue weighted by atomic mass is 32.2. The van der Waals surface area contributed by atoms with Crippen LogP contribution in [0.25, 0.3) is 0 Å². The Morgan fingerprint density at radius 2 is 2.18 bits per heavy atom. The molecule has 17 heavy (non-hydrogen) atoms. The molecule has 0 aromatic heterocycles. The molecule has 1 N–H and O–H groups in total. The Kier molecular flexibility index (Phi) is 5.40. The molecule has 1 aromatic rings. The molecule has 2 unspecified atom stereocenters. The molecule has 0 saturated carbocycles. The summed E-state index contributed by atoms with van der Waals surface area (Å²) in [6.07, 6.45) is 3.99. The van der Waals surface area contributed by atoms with Crippen molar-refractivity contribution >= 4 is 11.8 Å². The van der Waals surface area contributed by atoms with E-state index in [1.807, 2.05) is 11.8 Å². The molecular formula is C15H22NS. The van der Waals surface area contributed by atoms with Gasteiger partial charge in [0.15, 0.2) is 0 Å². The first kappa shape index (κ1) is 13.0. The lowest BCUT2D eigenvalue weighted by Gasteiger charge is -2.25. The third-order valence-corrected chi connectivity index (χ3v) is 4.54. The summed E-state index contributed by atoms with van der Waals surface area (Å²) in [5.41, 5.74) is 0. The van der Waals surface area contributed by atoms with Crippen molar-refractivity contribution in [3.63, 3.8) is 0 Å². The highest BCUT2D eigenvalue weighted by molar-refractivity contribution is 7.99. The van der Waals surface area contributed by atoms with Crippen molar-refractivity contribution in [2.75, 3.05) is 18.8 Å². The van der Waals surface area contributed by atoms with Gasteiger partial charge in [-0.1, -0.05) is 18.2 Å². The average molecular weight is 248 g/mol. The molecule has 0 spiro atoms. The zero-order valence-corrected chi connectivity index (χ0v) is 11.2. The molecule has 2 heteroatoms. The summed E-state index contributed by atoms with van der Waals surface area (Å²) in [4.78, 5) is 1.36. The van der Waals surface area contributed by atoms with Gasteiger partial charge in [0.2, 0.25) is 0 Å². The Balaban J connectivity index is 1.68. The number of hydrogen-bond donors (Lipinski definition) is 1. The number of piperidine rings is 1. The third-order valence-electron chi connectivity index (χ3n) is 3.29. The van der Waals surface area contributed by atoms with Crippen LogP contribution in [0.2, 0.25) is 0 Å². The lowest BCUT2D eigenvalue weighted by atomic mass is 9.91. The Labute approximate surface area is 109 Å². The van der Waals surface area contributed by atoms with Crippen molar-refractivity contribution in [1.29, 1.82) is 0 Å². The van der Waals surface area contributed by atoms with Gasteiger partial charge >= 0.3 is 0 Å². The Morgan fingerprint density at radius 3 is 2.88 bits per heavy atom. The predicted octanol–water partition coefficient (Wildman–Crippen LogP) is 3.62. The lowest BCUT2D eigenvalue weighted by molar-refractivity contribution is 0.333. The second kappa shape index (κ2) is 7.07. The van der Waals surface area contributed by atoms with Gasteiger partial charge in [-0.25, -0.2) is 0 Å². The summed E-state index contributed by atoms with van der Waals surface area (Å²) in [6.45, 7) is 6.70. The molecule has 1 radical (unpaired) electrons. The largest absolute Gasteiger partial charge is 0.316 e. The molecule has 2 atom stereocenters. The number of thioether (sulfide) groups is 1. The molecule has 0 aliphatic carbocycles. The zero-order valence-electron chi connectivity index (χ0n) is 10.4. The highest BCUT2D eigenvalue weighted by Crippen LogP contribution is 2.25. The highest BCUT2D eigenvalue weighted by Gasteiger charge is 2.16. The van der Waals surface area contributed by atoms with Gasteiger partial charge in [0.1, 0.15) is 0 Å². The monoisotopic (exact) mass is 248 g/mol. The van der Waals surface area contributed by atoms with E-state index in [1.165, 1.54) is 37.2 Å². The average Bonchev–Trinajstić information content (AvgIpc) is 2.39. The van der Waals surface area contributed by atoms with E-state index in [0.717, 1.165) is 11.7 Å². The minimum absolute atomic E-state index is 0.574. The second-order valence-electron chi connectivity index (χ2n) is 4.94. The molecule has 1 aromatic carbocycles. The van der Waals surface area contributed by atoms with Crippen LogP contribution in [0.15, 0.2) is 35.2 Å². The van der Waals surface area contributed by atoms with Gasteiger partial charge in [-0.3, -0.25) is 0 Å². The van der Waals surface area contributed by atoms with Crippen LogP contribution in [0.4, 0.5) is 0 Å². The number of hydrogen-bond acceptors (Lipinski definition) is 2. The van der Waals surface area contributed by atoms with Crippen molar-refractivity contribution in [2.45, 2.75) is 24.2 Å². The molecule has 1 heterocycles. The van der Waals surface area contributed by atoms with Crippen molar-refractivity contribution in [1.82, 2.24) is 5.32 Å². The number of rotatable bonds is 5. The standard InChI is InChI=1S/C15H22NS/c1-13(10-14-6-5-9-16-11-14)12-17-15-7-3-2-4-8-15/h2-4,7-8,13-14,16H,1,5-6,9-12H2. The lowest BCUT2D eigenvalue weighted by Crippen LogP contribution is -2.30. The Morgan fingerprint density at radius 1 is 1.35 bits per heavy atom. The molecule has 1 aliphatic heterocycles. The van der Waals surface area contributed by atoms with Gasteiger partial charge in [0.05, 0.1) is 0 Å². The van der Waals surface area contributed by atoms with E-state index in [1.54, 1.807) is 0 Å². The van der Waals surface area contributed by atoms with Crippen LogP contribution in [0.3, 0.4) is 0 Å². The first-order chi connectivity index (χ1) is 8.34. The quantitative estimate of drug-likeness (QED) is 0.799. The first-order valence-corrected chi connectivity index (χ1v) is 7.55. The summed E-state index contributed by atoms with van der Waals surface area (Å²) in [5, 5.41) is 3.48. The van der Waals surface area contributed by atoms with Crippen molar-refractivity contribution < 1.29 is 0 Å². The van der Waals surface area contributed by atoms with Gasteiger partial charge in [0, 0.05) is 10.6 Å². The van der Waals surface area contributed by atoms with E-state index in [0.29, 0.717) is 5.92 Å². The predicted molar refractivity (Wildman–Crippen MR) is 76.2 cm³/mol. The van der Waals surface area contributed by atoms with E-state index in [4.69, 9.17) is 0 Å². The van der Waals surface area contributed by atoms with Crippen LogP contribution < -0.4 is 5.32 Å². The fourth-order valence-electron chi connectivity index (χ4n) is 2.40. The summed E-state index contributed by atoms with van der Waals surface area (Å²) in [6, 6.07) is 10.6. The van der Waals surface area contributed by atoms with E-state index >= 15 is 0 Å². The molecule has 0 bridgehead atoms. The number of nitrogens with one attached hydrogen (secondary N) is 1. The molecule has 1 saturated heterocycles. The maximum absolute atomic E-state index is 4.30. The van der Waals surface area contributed by atoms with Crippen LogP contribution in [0, 0.1) is 18.8 Å². The Bertz CT molecular complexity index is 306. The summed E-state index contributed by atoms with van der Waals surface area (Å²) in [5.74, 6) is 2.56. The third kappa shape index (κ3) is 4.72. The van der Waals surface area contributed by atoms with E-state index in [2.05, 4.69) is 42.6 Å². The van der Waals surface area contributed by atoms with Gasteiger partial charge < -0.3 is 5.32 Å². The maximum Gasteiger partial charge on any atom is 0.00720 e. The zero-order chi connectivity index (χ0) is 11.9. The van der Waals surface area contributed by atoms with Crippen LogP contribution in [-0.2, 0) is 0 Å². The van der Waals surface area contributed by atoms with E-state index in [9.17, 15) is 0 Å². The van der Waals surface area contributed by atoms with Crippen molar-refractivity contribution in [3.05, 3.63) is 37.3 Å². The second-order valence-corrected chi connectivity index (χ2v) is 6.03. The SMILES string of the molecule is [CH2]C(CSc1ccccc1)CC1CCCNC1. The number of benzene rings is 1. The molecule has 1 nitrogen and oxygen atoms in total. The van der Waals surface area contributed by atoms with Crippen LogP contribution in [-0.4, -0.2) is 18.8 Å². The van der Waals surface area contributed by atoms with Gasteiger partial charge in [-0.2, -0.15) is 0 Å². The summed E-state index contributed by atoms with van der Waals surface area (Å²) >= 11 is 1.93. The van der Waals surface area contributed by atoms with Crippen LogP contribution in [0.5, 0.6) is 0 Å². The van der Waals surface area contributed by atoms with Crippen LogP contribution >= 0.6 is 11.8 Å². The molecule has 1 fully saturated rings. The summed E-state index contributed by atoms with van der Waals surface area (Å²) in [7, 11) is 0. The van der Waals surface area contributed by atoms with Gasteiger partial charge in [-0.15, -0.1) is 11.8 Å². The first-order valence-electron chi connectivity index (χ1n) is 6.56. The van der Waals surface area contributed by atoms with E-state index < -0.39 is 0 Å². The normalized spacial score (nSPS) is 22.3. The maximum atomic E-state index is 4.30. The van der Waals surface area contributed by atoms with Crippen molar-refractivity contribution in [3.8, 4) is 0 Å². The molecule has 0 amide bonds. The molecule has 93 valence electrons. The smallest absolute Gasteiger partial charge is 0.00720 e. The molecular weight excluding hydrogens is 226 g/mol. The van der Waals surface area contributed by atoms with Crippen molar-refractivity contribution in [2.24, 2.45) is 11.8 Å². The van der Waals surface area contributed by atoms with Crippen LogP contribution in [0.1, 0.15) is 19.3 Å². The minimum atomic E-state index is 0.574.